The van der Waals surface area contributed by atoms with Crippen LogP contribution in [0.25, 0.3) is 22.3 Å². The van der Waals surface area contributed by atoms with Gasteiger partial charge in [0.25, 0.3) is 11.8 Å². The highest BCUT2D eigenvalue weighted by Gasteiger charge is 2.57. The number of amides is 1. The summed E-state index contributed by atoms with van der Waals surface area (Å²) in [4.78, 5) is 36.1. The summed E-state index contributed by atoms with van der Waals surface area (Å²) in [5, 5.41) is 13.2. The summed E-state index contributed by atoms with van der Waals surface area (Å²) in [5.41, 5.74) is -3.38. The number of aliphatic carboxylic acids is 1. The van der Waals surface area contributed by atoms with Crippen LogP contribution < -0.4 is 10.1 Å². The van der Waals surface area contributed by atoms with Gasteiger partial charge in [-0.25, -0.2) is 32.3 Å². The van der Waals surface area contributed by atoms with Crippen LogP contribution in [0.5, 0.6) is 5.75 Å². The number of hydrogen-bond donors (Lipinski definition) is 2. The molecular formula is C39H44F7N5O4. The third-order valence-corrected chi connectivity index (χ3v) is 12.8. The standard InChI is InChI=1S/C39H44F7N5O4/c1-21-12-22-14-23(13-21)38(16-22,35(53)54)49-34(52)29-17-47-33(48-32(29)39(44,45)46)30-18-51(25-8-10-36(40,41)11-9-25)31-15-27(6-7-28(30)31)55-26-4-2-24(3-5-26)50-19-37(42,43)20-50/h6-7,15,17-18,21-26H,2-5,8-14,16,19-20H2,1H3,(H,49,52)(H,53,54)/t21?,22?,23?,24-,26-,38?. The number of hydrogen-bond acceptors (Lipinski definition) is 6. The highest BCUT2D eigenvalue weighted by molar-refractivity contribution is 6.00. The van der Waals surface area contributed by atoms with Crippen molar-refractivity contribution in [1.82, 2.24) is 24.8 Å². The van der Waals surface area contributed by atoms with E-state index in [1.165, 1.54) is 0 Å². The van der Waals surface area contributed by atoms with E-state index in [1.54, 1.807) is 33.9 Å². The summed E-state index contributed by atoms with van der Waals surface area (Å²) >= 11 is 0. The second-order valence-electron chi connectivity index (χ2n) is 16.8. The predicted octanol–water partition coefficient (Wildman–Crippen LogP) is 8.52. The van der Waals surface area contributed by atoms with Gasteiger partial charge in [-0.05, 0) is 94.1 Å². The third kappa shape index (κ3) is 7.27. The number of carbonyl (C=O) groups is 2. The van der Waals surface area contributed by atoms with E-state index in [0.29, 0.717) is 55.2 Å². The highest BCUT2D eigenvalue weighted by Crippen LogP contribution is 2.51. The van der Waals surface area contributed by atoms with Gasteiger partial charge in [0.15, 0.2) is 11.5 Å². The molecule has 8 rings (SSSR count). The predicted molar refractivity (Wildman–Crippen MR) is 186 cm³/mol. The molecule has 4 unspecified atom stereocenters. The molecule has 4 aliphatic carbocycles. The molecule has 2 aromatic heterocycles. The lowest BCUT2D eigenvalue weighted by atomic mass is 9.78. The van der Waals surface area contributed by atoms with Crippen molar-refractivity contribution in [3.05, 3.63) is 41.9 Å². The summed E-state index contributed by atoms with van der Waals surface area (Å²) in [7, 11) is 0. The maximum atomic E-state index is 14.7. The Balaban J connectivity index is 1.09. The van der Waals surface area contributed by atoms with Crippen molar-refractivity contribution >= 4 is 22.8 Å². The molecule has 9 nitrogen and oxygen atoms in total. The van der Waals surface area contributed by atoms with Crippen molar-refractivity contribution in [1.29, 1.82) is 0 Å². The minimum atomic E-state index is -5.11. The van der Waals surface area contributed by atoms with Gasteiger partial charge < -0.3 is 19.7 Å². The number of nitrogens with zero attached hydrogens (tertiary/aromatic N) is 4. The van der Waals surface area contributed by atoms with Crippen LogP contribution in [0.4, 0.5) is 30.7 Å². The molecule has 298 valence electrons. The number of rotatable bonds is 8. The Kier molecular flexibility index (Phi) is 9.39. The monoisotopic (exact) mass is 779 g/mol. The lowest BCUT2D eigenvalue weighted by Crippen LogP contribution is -2.60. The van der Waals surface area contributed by atoms with E-state index in [9.17, 15) is 45.4 Å². The maximum Gasteiger partial charge on any atom is 0.434 e. The Bertz CT molecular complexity index is 1960. The van der Waals surface area contributed by atoms with Crippen LogP contribution in [0, 0.1) is 17.8 Å². The fraction of sp³-hybridized carbons (Fsp3) is 0.641. The van der Waals surface area contributed by atoms with Crippen LogP contribution in [-0.4, -0.2) is 79.0 Å². The summed E-state index contributed by atoms with van der Waals surface area (Å²) in [5.74, 6) is -7.99. The Labute approximate surface area is 313 Å². The van der Waals surface area contributed by atoms with Crippen molar-refractivity contribution in [3.63, 3.8) is 0 Å². The van der Waals surface area contributed by atoms with E-state index in [0.717, 1.165) is 12.6 Å². The van der Waals surface area contributed by atoms with Crippen LogP contribution >= 0.6 is 0 Å². The quantitative estimate of drug-likeness (QED) is 0.221. The number of fused-ring (bicyclic) bond motifs is 3. The number of carbonyl (C=O) groups excluding carboxylic acids is 1. The highest BCUT2D eigenvalue weighted by atomic mass is 19.4. The third-order valence-electron chi connectivity index (χ3n) is 12.8. The molecular weight excluding hydrogens is 735 g/mol. The number of carboxylic acid groups (broad SMARTS) is 1. The average Bonchev–Trinajstić information content (AvgIpc) is 3.61. The molecule has 1 amide bonds. The molecule has 4 atom stereocenters. The molecule has 1 aromatic carbocycles. The summed E-state index contributed by atoms with van der Waals surface area (Å²) in [6.07, 6.45) is 1.29. The van der Waals surface area contributed by atoms with Gasteiger partial charge in [-0.1, -0.05) is 6.92 Å². The molecule has 5 fully saturated rings. The molecule has 2 N–H and O–H groups in total. The second kappa shape index (κ2) is 13.6. The van der Waals surface area contributed by atoms with Crippen LogP contribution in [0.15, 0.2) is 30.6 Å². The number of carboxylic acids is 1. The molecule has 16 heteroatoms. The van der Waals surface area contributed by atoms with Gasteiger partial charge in [-0.3, -0.25) is 9.69 Å². The summed E-state index contributed by atoms with van der Waals surface area (Å²) < 4.78 is 107. The lowest BCUT2D eigenvalue weighted by Gasteiger charge is -2.46. The first-order valence-electron chi connectivity index (χ1n) is 19.2. The molecule has 0 spiro atoms. The Morgan fingerprint density at radius 1 is 0.945 bits per heavy atom. The van der Waals surface area contributed by atoms with Gasteiger partial charge in [0.2, 0.25) is 5.92 Å². The van der Waals surface area contributed by atoms with Crippen LogP contribution in [-0.2, 0) is 11.0 Å². The van der Waals surface area contributed by atoms with Crippen molar-refractivity contribution in [2.45, 2.75) is 126 Å². The van der Waals surface area contributed by atoms with Crippen LogP contribution in [0.1, 0.15) is 106 Å². The number of alkyl halides is 7. The zero-order chi connectivity index (χ0) is 39.1. The van der Waals surface area contributed by atoms with Crippen molar-refractivity contribution in [2.24, 2.45) is 17.8 Å². The normalized spacial score (nSPS) is 30.9. The van der Waals surface area contributed by atoms with Crippen LogP contribution in [0.3, 0.4) is 0 Å². The van der Waals surface area contributed by atoms with Gasteiger partial charge in [-0.2, -0.15) is 13.2 Å². The molecule has 5 aliphatic rings. The summed E-state index contributed by atoms with van der Waals surface area (Å²) in [6, 6.07) is 4.72. The largest absolute Gasteiger partial charge is 0.490 e. The van der Waals surface area contributed by atoms with E-state index in [4.69, 9.17) is 4.74 Å². The number of benzene rings is 1. The molecule has 0 radical (unpaired) electrons. The van der Waals surface area contributed by atoms with Crippen LogP contribution in [0.2, 0.25) is 0 Å². The van der Waals surface area contributed by atoms with E-state index in [1.807, 2.05) is 6.92 Å². The Morgan fingerprint density at radius 3 is 2.31 bits per heavy atom. The van der Waals surface area contributed by atoms with Gasteiger partial charge in [-0.15, -0.1) is 0 Å². The molecule has 2 bridgehead atoms. The average molecular weight is 780 g/mol. The number of nitrogens with one attached hydrogen (secondary N) is 1. The van der Waals surface area contributed by atoms with Gasteiger partial charge >= 0.3 is 12.1 Å². The SMILES string of the molecule is CC1CC2CC(C1)C(NC(=O)c1cnc(-c3cn(C4CCC(F)(F)CC4)c4cc(O[C@H]5CC[C@H](N6CC(F)(F)C6)CC5)ccc34)nc1C(F)(F)F)(C(=O)O)C2. The minimum Gasteiger partial charge on any atom is -0.490 e. The first-order chi connectivity index (χ1) is 25.9. The topological polar surface area (TPSA) is 110 Å². The summed E-state index contributed by atoms with van der Waals surface area (Å²) in [6.45, 7) is 1.53. The fourth-order valence-corrected chi connectivity index (χ4v) is 10.2. The number of ether oxygens (including phenoxy) is 1. The number of aromatic nitrogens is 3. The van der Waals surface area contributed by atoms with E-state index >= 15 is 0 Å². The Morgan fingerprint density at radius 2 is 1.65 bits per heavy atom. The smallest absolute Gasteiger partial charge is 0.434 e. The first kappa shape index (κ1) is 37.9. The van der Waals surface area contributed by atoms with Crippen molar-refractivity contribution < 1.29 is 50.2 Å². The minimum absolute atomic E-state index is 0.0352. The number of halogens is 7. The van der Waals surface area contributed by atoms with E-state index < -0.39 is 58.7 Å². The van der Waals surface area contributed by atoms with E-state index in [-0.39, 0.29) is 80.6 Å². The molecule has 1 aliphatic heterocycles. The molecule has 3 heterocycles. The fourth-order valence-electron chi connectivity index (χ4n) is 10.2. The van der Waals surface area contributed by atoms with Crippen molar-refractivity contribution in [2.75, 3.05) is 13.1 Å². The maximum absolute atomic E-state index is 14.7. The molecule has 1 saturated heterocycles. The zero-order valence-corrected chi connectivity index (χ0v) is 30.4. The Hall–Kier alpha value is -3.95. The van der Waals surface area contributed by atoms with Crippen molar-refractivity contribution in [3.8, 4) is 17.1 Å². The lowest BCUT2D eigenvalue weighted by molar-refractivity contribution is -0.151. The molecule has 4 saturated carbocycles. The van der Waals surface area contributed by atoms with Gasteiger partial charge in [0.05, 0.1) is 30.3 Å². The second-order valence-corrected chi connectivity index (χ2v) is 16.8. The number of likely N-dealkylation sites (tertiary alicyclic amines) is 1. The van der Waals surface area contributed by atoms with E-state index in [2.05, 4.69) is 15.3 Å². The molecule has 55 heavy (non-hydrogen) atoms. The molecule has 3 aromatic rings. The first-order valence-corrected chi connectivity index (χ1v) is 19.2. The van der Waals surface area contributed by atoms with Gasteiger partial charge in [0, 0.05) is 54.3 Å². The zero-order valence-electron chi connectivity index (χ0n) is 30.4. The van der Waals surface area contributed by atoms with Gasteiger partial charge in [0.1, 0.15) is 11.3 Å².